The van der Waals surface area contributed by atoms with E-state index >= 15 is 0 Å². The molecule has 15 heavy (non-hydrogen) atoms. The molecule has 0 bridgehead atoms. The van der Waals surface area contributed by atoms with Crippen molar-refractivity contribution in [2.75, 3.05) is 6.61 Å². The molecule has 1 amide bonds. The van der Waals surface area contributed by atoms with Gasteiger partial charge in [0.05, 0.1) is 19.6 Å². The molecular formula is C10H13BrN2O2. The normalized spacial score (nSPS) is 10.0. The first-order valence-electron chi connectivity index (χ1n) is 4.54. The van der Waals surface area contributed by atoms with Crippen molar-refractivity contribution in [3.8, 4) is 0 Å². The minimum atomic E-state index is -0.218. The Labute approximate surface area is 96.9 Å². The van der Waals surface area contributed by atoms with Crippen LogP contribution in [0.5, 0.6) is 0 Å². The Bertz CT molecular complexity index is 331. The Hall–Kier alpha value is -0.910. The number of carbonyl (C=O) groups excluding carboxylic acids is 1. The summed E-state index contributed by atoms with van der Waals surface area (Å²) in [6, 6.07) is 7.83. The Morgan fingerprint density at radius 3 is 3.00 bits per heavy atom. The number of nitrogens with two attached hydrogens (primary N) is 1. The lowest BCUT2D eigenvalue weighted by atomic mass is 10.2. The zero-order valence-corrected chi connectivity index (χ0v) is 9.79. The van der Waals surface area contributed by atoms with Crippen molar-refractivity contribution in [2.24, 2.45) is 5.84 Å². The number of ether oxygens (including phenoxy) is 1. The van der Waals surface area contributed by atoms with E-state index in [1.165, 1.54) is 0 Å². The Morgan fingerprint density at radius 1 is 1.53 bits per heavy atom. The maximum atomic E-state index is 10.8. The van der Waals surface area contributed by atoms with Crippen molar-refractivity contribution in [1.29, 1.82) is 0 Å². The predicted octanol–water partition coefficient (Wildman–Crippen LogP) is 1.35. The van der Waals surface area contributed by atoms with Gasteiger partial charge in [0.1, 0.15) is 0 Å². The van der Waals surface area contributed by atoms with Crippen LogP contribution in [0.15, 0.2) is 28.7 Å². The molecule has 1 aromatic rings. The molecule has 5 heteroatoms. The molecule has 1 aromatic carbocycles. The van der Waals surface area contributed by atoms with Crippen LogP contribution in [0.3, 0.4) is 0 Å². The smallest absolute Gasteiger partial charge is 0.236 e. The van der Waals surface area contributed by atoms with Crippen molar-refractivity contribution < 1.29 is 9.53 Å². The molecule has 0 spiro atoms. The van der Waals surface area contributed by atoms with Crippen molar-refractivity contribution in [1.82, 2.24) is 5.43 Å². The van der Waals surface area contributed by atoms with Gasteiger partial charge in [0.15, 0.2) is 0 Å². The van der Waals surface area contributed by atoms with Crippen molar-refractivity contribution in [3.63, 3.8) is 0 Å². The van der Waals surface area contributed by atoms with Gasteiger partial charge in [-0.2, -0.15) is 0 Å². The molecule has 0 aliphatic rings. The van der Waals surface area contributed by atoms with E-state index in [9.17, 15) is 4.79 Å². The molecule has 0 fully saturated rings. The second-order valence-electron chi connectivity index (χ2n) is 3.00. The van der Waals surface area contributed by atoms with E-state index in [0.717, 1.165) is 10.0 Å². The third-order valence-corrected chi connectivity index (χ3v) is 2.29. The van der Waals surface area contributed by atoms with Crippen LogP contribution in [0.1, 0.15) is 12.0 Å². The highest BCUT2D eigenvalue weighted by atomic mass is 79.9. The van der Waals surface area contributed by atoms with Gasteiger partial charge in [-0.15, -0.1) is 0 Å². The number of hydrogen-bond donors (Lipinski definition) is 2. The summed E-state index contributed by atoms with van der Waals surface area (Å²) in [5.74, 6) is 4.71. The monoisotopic (exact) mass is 272 g/mol. The second-order valence-corrected chi connectivity index (χ2v) is 3.92. The summed E-state index contributed by atoms with van der Waals surface area (Å²) in [7, 11) is 0. The van der Waals surface area contributed by atoms with Gasteiger partial charge < -0.3 is 4.74 Å². The van der Waals surface area contributed by atoms with Crippen LogP contribution in [0.25, 0.3) is 0 Å². The van der Waals surface area contributed by atoms with E-state index in [1.54, 1.807) is 0 Å². The highest BCUT2D eigenvalue weighted by Gasteiger charge is 1.98. The number of rotatable bonds is 5. The number of carbonyl (C=O) groups is 1. The van der Waals surface area contributed by atoms with Crippen LogP contribution >= 0.6 is 15.9 Å². The number of amides is 1. The summed E-state index contributed by atoms with van der Waals surface area (Å²) in [4.78, 5) is 10.8. The molecule has 0 unspecified atom stereocenters. The summed E-state index contributed by atoms with van der Waals surface area (Å²) in [6.45, 7) is 0.868. The van der Waals surface area contributed by atoms with Gasteiger partial charge in [-0.1, -0.05) is 28.1 Å². The third-order valence-electron chi connectivity index (χ3n) is 1.79. The standard InChI is InChI=1S/C10H13BrN2O2/c11-9-3-1-2-8(6-9)7-15-5-4-10(14)13-12/h1-3,6H,4-5,7,12H2,(H,13,14). The number of hydrazine groups is 1. The van der Waals surface area contributed by atoms with Crippen LogP contribution in [-0.4, -0.2) is 12.5 Å². The van der Waals surface area contributed by atoms with Crippen molar-refractivity contribution in [2.45, 2.75) is 13.0 Å². The van der Waals surface area contributed by atoms with E-state index in [4.69, 9.17) is 10.6 Å². The van der Waals surface area contributed by atoms with Gasteiger partial charge in [0.25, 0.3) is 0 Å². The highest BCUT2D eigenvalue weighted by Crippen LogP contribution is 2.12. The molecule has 0 heterocycles. The summed E-state index contributed by atoms with van der Waals surface area (Å²) in [5.41, 5.74) is 3.11. The fourth-order valence-corrected chi connectivity index (χ4v) is 1.50. The average Bonchev–Trinajstić information content (AvgIpc) is 2.24. The van der Waals surface area contributed by atoms with E-state index in [0.29, 0.717) is 13.2 Å². The molecule has 4 nitrogen and oxygen atoms in total. The SMILES string of the molecule is NNC(=O)CCOCc1cccc(Br)c1. The molecular weight excluding hydrogens is 260 g/mol. The topological polar surface area (TPSA) is 64.3 Å². The van der Waals surface area contributed by atoms with Crippen LogP contribution in [-0.2, 0) is 16.1 Å². The predicted molar refractivity (Wildman–Crippen MR) is 60.7 cm³/mol. The van der Waals surface area contributed by atoms with Crippen LogP contribution in [0.2, 0.25) is 0 Å². The molecule has 0 saturated heterocycles. The third kappa shape index (κ3) is 4.92. The first-order chi connectivity index (χ1) is 7.22. The maximum absolute atomic E-state index is 10.8. The maximum Gasteiger partial charge on any atom is 0.236 e. The lowest BCUT2D eigenvalue weighted by Crippen LogP contribution is -2.30. The second kappa shape index (κ2) is 6.55. The highest BCUT2D eigenvalue weighted by molar-refractivity contribution is 9.10. The summed E-state index contributed by atoms with van der Waals surface area (Å²) in [5, 5.41) is 0. The molecule has 82 valence electrons. The van der Waals surface area contributed by atoms with E-state index in [2.05, 4.69) is 15.9 Å². The van der Waals surface area contributed by atoms with Gasteiger partial charge in [-0.3, -0.25) is 10.2 Å². The lowest BCUT2D eigenvalue weighted by Gasteiger charge is -2.04. The number of halogens is 1. The molecule has 0 radical (unpaired) electrons. The molecule has 0 aromatic heterocycles. The van der Waals surface area contributed by atoms with E-state index in [1.807, 2.05) is 29.7 Å². The minimum Gasteiger partial charge on any atom is -0.376 e. The van der Waals surface area contributed by atoms with Crippen molar-refractivity contribution in [3.05, 3.63) is 34.3 Å². The fraction of sp³-hybridized carbons (Fsp3) is 0.300. The fourth-order valence-electron chi connectivity index (χ4n) is 1.05. The molecule has 0 saturated carbocycles. The van der Waals surface area contributed by atoms with Crippen LogP contribution < -0.4 is 11.3 Å². The van der Waals surface area contributed by atoms with Gasteiger partial charge in [-0.25, -0.2) is 5.84 Å². The number of hydrogen-bond acceptors (Lipinski definition) is 3. The molecule has 1 rings (SSSR count). The Balaban J connectivity index is 2.23. The van der Waals surface area contributed by atoms with E-state index < -0.39 is 0 Å². The number of benzene rings is 1. The quantitative estimate of drug-likeness (QED) is 0.368. The van der Waals surface area contributed by atoms with Gasteiger partial charge in [0, 0.05) is 4.47 Å². The van der Waals surface area contributed by atoms with Crippen LogP contribution in [0.4, 0.5) is 0 Å². The molecule has 0 aliphatic carbocycles. The first kappa shape index (κ1) is 12.2. The van der Waals surface area contributed by atoms with Crippen LogP contribution in [0, 0.1) is 0 Å². The average molecular weight is 273 g/mol. The Kier molecular flexibility index (Phi) is 5.31. The minimum absolute atomic E-state index is 0.218. The summed E-state index contributed by atoms with van der Waals surface area (Å²) in [6.07, 6.45) is 0.282. The van der Waals surface area contributed by atoms with Gasteiger partial charge in [0.2, 0.25) is 5.91 Å². The largest absolute Gasteiger partial charge is 0.376 e. The number of nitrogens with one attached hydrogen (secondary N) is 1. The Morgan fingerprint density at radius 2 is 2.33 bits per heavy atom. The van der Waals surface area contributed by atoms with Crippen molar-refractivity contribution >= 4 is 21.8 Å². The summed E-state index contributed by atoms with van der Waals surface area (Å²) >= 11 is 3.37. The van der Waals surface area contributed by atoms with Gasteiger partial charge in [-0.05, 0) is 17.7 Å². The first-order valence-corrected chi connectivity index (χ1v) is 5.33. The lowest BCUT2D eigenvalue weighted by molar-refractivity contribution is -0.122. The van der Waals surface area contributed by atoms with E-state index in [-0.39, 0.29) is 12.3 Å². The molecule has 0 aliphatic heterocycles. The summed E-state index contributed by atoms with van der Waals surface area (Å²) < 4.78 is 6.33. The van der Waals surface area contributed by atoms with Gasteiger partial charge >= 0.3 is 0 Å². The zero-order chi connectivity index (χ0) is 11.1. The zero-order valence-electron chi connectivity index (χ0n) is 8.20. The molecule has 0 atom stereocenters. The molecule has 3 N–H and O–H groups in total.